The van der Waals surface area contributed by atoms with Crippen molar-refractivity contribution in [2.45, 2.75) is 25.7 Å². The van der Waals surface area contributed by atoms with E-state index in [9.17, 15) is 23.3 Å². The van der Waals surface area contributed by atoms with Crippen LogP contribution in [-0.4, -0.2) is 41.1 Å². The monoisotopic (exact) mass is 291 g/mol. The van der Waals surface area contributed by atoms with Gasteiger partial charge in [-0.15, -0.1) is 10.2 Å². The fourth-order valence-electron chi connectivity index (χ4n) is 1.39. The molecular weight excluding hydrogens is 283 g/mol. The lowest BCUT2D eigenvalue weighted by atomic mass is 10.4. The highest BCUT2D eigenvalue weighted by molar-refractivity contribution is 5.20. The van der Waals surface area contributed by atoms with Gasteiger partial charge in [0.2, 0.25) is 0 Å². The third kappa shape index (κ3) is 3.73. The maximum absolute atomic E-state index is 12.1. The summed E-state index contributed by atoms with van der Waals surface area (Å²) in [4.78, 5) is 10.3. The molecule has 0 radical (unpaired) electrons. The summed E-state index contributed by atoms with van der Waals surface area (Å²) >= 11 is 0. The highest BCUT2D eigenvalue weighted by Gasteiger charge is 2.29. The first-order valence-electron chi connectivity index (χ1n) is 5.34. The lowest BCUT2D eigenvalue weighted by Crippen LogP contribution is -2.19. The van der Waals surface area contributed by atoms with Crippen LogP contribution in [0.3, 0.4) is 0 Å². The largest absolute Gasteiger partial charge is 0.409 e. The van der Waals surface area contributed by atoms with Crippen LogP contribution in [0.15, 0.2) is 12.4 Å². The highest BCUT2D eigenvalue weighted by atomic mass is 19.4. The van der Waals surface area contributed by atoms with Gasteiger partial charge in [0.15, 0.2) is 12.4 Å². The number of tetrazole rings is 1. The summed E-state index contributed by atoms with van der Waals surface area (Å²) in [6.45, 7) is -1.11. The maximum Gasteiger partial charge on any atom is 0.409 e. The molecule has 0 fully saturated rings. The number of aromatic nitrogens is 6. The van der Waals surface area contributed by atoms with Crippen LogP contribution < -0.4 is 0 Å². The van der Waals surface area contributed by atoms with Gasteiger partial charge in [-0.3, -0.25) is 14.8 Å². The number of hydrogen-bond acceptors (Lipinski definition) is 6. The summed E-state index contributed by atoms with van der Waals surface area (Å²) in [6, 6.07) is 0. The van der Waals surface area contributed by atoms with Crippen LogP contribution >= 0.6 is 0 Å². The van der Waals surface area contributed by atoms with E-state index >= 15 is 0 Å². The molecule has 0 spiro atoms. The number of halogens is 3. The standard InChI is InChI=1S/C8H8F3N7O2/c9-8(10,11)5-17-14-7(13-15-17)1-2-16-4-6(3-12-16)18(19)20/h3-4H,1-2,5H2. The Morgan fingerprint density at radius 3 is 2.75 bits per heavy atom. The van der Waals surface area contributed by atoms with Gasteiger partial charge in [-0.05, 0) is 5.21 Å². The second kappa shape index (κ2) is 5.22. The van der Waals surface area contributed by atoms with Crippen molar-refractivity contribution in [2.24, 2.45) is 0 Å². The molecule has 2 aromatic rings. The Hall–Kier alpha value is -2.53. The van der Waals surface area contributed by atoms with Crippen LogP contribution in [0, 0.1) is 10.1 Å². The minimum absolute atomic E-state index is 0.104. The normalized spacial score (nSPS) is 11.8. The first kappa shape index (κ1) is 13.9. The van der Waals surface area contributed by atoms with Crippen molar-refractivity contribution in [1.82, 2.24) is 30.0 Å². The number of rotatable bonds is 5. The van der Waals surface area contributed by atoms with Crippen LogP contribution in [0.5, 0.6) is 0 Å². The minimum Gasteiger partial charge on any atom is -0.265 e. The molecule has 0 saturated carbocycles. The zero-order chi connectivity index (χ0) is 14.8. The molecule has 0 aliphatic heterocycles. The van der Waals surface area contributed by atoms with Gasteiger partial charge in [-0.25, -0.2) is 0 Å². The molecule has 0 amide bonds. The van der Waals surface area contributed by atoms with Gasteiger partial charge in [0, 0.05) is 13.0 Å². The number of alkyl halides is 3. The average molecular weight is 291 g/mol. The van der Waals surface area contributed by atoms with Gasteiger partial charge >= 0.3 is 11.9 Å². The Kier molecular flexibility index (Phi) is 3.63. The molecule has 2 heterocycles. The van der Waals surface area contributed by atoms with Crippen LogP contribution in [0.4, 0.5) is 18.9 Å². The Morgan fingerprint density at radius 1 is 1.40 bits per heavy atom. The predicted molar refractivity (Wildman–Crippen MR) is 56.5 cm³/mol. The lowest BCUT2D eigenvalue weighted by Gasteiger charge is -2.02. The number of nitro groups is 1. The van der Waals surface area contributed by atoms with Crippen LogP contribution in [0.2, 0.25) is 0 Å². The molecule has 20 heavy (non-hydrogen) atoms. The van der Waals surface area contributed by atoms with Gasteiger partial charge in [0.25, 0.3) is 0 Å². The summed E-state index contributed by atoms with van der Waals surface area (Å²) in [5.74, 6) is 0.104. The van der Waals surface area contributed by atoms with E-state index in [0.717, 1.165) is 6.20 Å². The first-order valence-corrected chi connectivity index (χ1v) is 5.34. The van der Waals surface area contributed by atoms with Crippen molar-refractivity contribution in [3.05, 3.63) is 28.3 Å². The Bertz CT molecular complexity index is 605. The zero-order valence-corrected chi connectivity index (χ0v) is 9.86. The highest BCUT2D eigenvalue weighted by Crippen LogP contribution is 2.15. The number of nitrogens with zero attached hydrogens (tertiary/aromatic N) is 7. The molecule has 0 unspecified atom stereocenters. The van der Waals surface area contributed by atoms with E-state index in [4.69, 9.17) is 0 Å². The van der Waals surface area contributed by atoms with Gasteiger partial charge in [0.1, 0.15) is 12.4 Å². The van der Waals surface area contributed by atoms with Crippen molar-refractivity contribution in [2.75, 3.05) is 0 Å². The fraction of sp³-hybridized carbons (Fsp3) is 0.500. The van der Waals surface area contributed by atoms with E-state index in [1.165, 1.54) is 10.9 Å². The molecule has 12 heteroatoms. The van der Waals surface area contributed by atoms with E-state index in [1.807, 2.05) is 0 Å². The van der Waals surface area contributed by atoms with E-state index in [1.54, 1.807) is 0 Å². The quantitative estimate of drug-likeness (QED) is 0.589. The SMILES string of the molecule is O=[N+]([O-])c1cnn(CCc2nnn(CC(F)(F)F)n2)c1. The van der Waals surface area contributed by atoms with Crippen LogP contribution in [0.25, 0.3) is 0 Å². The van der Waals surface area contributed by atoms with Gasteiger partial charge < -0.3 is 0 Å². The van der Waals surface area contributed by atoms with Gasteiger partial charge in [0.05, 0.1) is 4.92 Å². The second-order valence-electron chi connectivity index (χ2n) is 3.82. The van der Waals surface area contributed by atoms with E-state index < -0.39 is 17.6 Å². The molecule has 108 valence electrons. The molecule has 0 N–H and O–H groups in total. The molecule has 0 aromatic carbocycles. The number of hydrogen-bond donors (Lipinski definition) is 0. The van der Waals surface area contributed by atoms with Crippen LogP contribution in [-0.2, 0) is 19.5 Å². The first-order chi connectivity index (χ1) is 9.33. The molecular formula is C8H8F3N7O2. The predicted octanol–water partition coefficient (Wildman–Crippen LogP) is 0.583. The zero-order valence-electron chi connectivity index (χ0n) is 9.86. The second-order valence-corrected chi connectivity index (χ2v) is 3.82. The van der Waals surface area contributed by atoms with Crippen molar-refractivity contribution in [3.8, 4) is 0 Å². The molecule has 0 bridgehead atoms. The maximum atomic E-state index is 12.1. The summed E-state index contributed by atoms with van der Waals surface area (Å²) in [6.07, 6.45) is -1.97. The van der Waals surface area contributed by atoms with Gasteiger partial charge in [-0.1, -0.05) is 0 Å². The topological polar surface area (TPSA) is 105 Å². The lowest BCUT2D eigenvalue weighted by molar-refractivity contribution is -0.385. The fourth-order valence-corrected chi connectivity index (χ4v) is 1.39. The van der Waals surface area contributed by atoms with Gasteiger partial charge in [-0.2, -0.15) is 23.1 Å². The molecule has 0 saturated heterocycles. The average Bonchev–Trinajstić information content (AvgIpc) is 2.92. The Morgan fingerprint density at radius 2 is 2.15 bits per heavy atom. The van der Waals surface area contributed by atoms with Crippen molar-refractivity contribution in [1.29, 1.82) is 0 Å². The third-order valence-corrected chi connectivity index (χ3v) is 2.21. The van der Waals surface area contributed by atoms with E-state index in [2.05, 4.69) is 20.5 Å². The summed E-state index contributed by atoms with van der Waals surface area (Å²) in [7, 11) is 0. The van der Waals surface area contributed by atoms with E-state index in [0.29, 0.717) is 4.80 Å². The summed E-state index contributed by atoms with van der Waals surface area (Å²) < 4.78 is 37.5. The molecule has 2 rings (SSSR count). The molecule has 2 aromatic heterocycles. The minimum atomic E-state index is -4.42. The third-order valence-electron chi connectivity index (χ3n) is 2.21. The van der Waals surface area contributed by atoms with Crippen molar-refractivity contribution < 1.29 is 18.1 Å². The van der Waals surface area contributed by atoms with E-state index in [-0.39, 0.29) is 24.5 Å². The van der Waals surface area contributed by atoms with Crippen molar-refractivity contribution >= 4 is 5.69 Å². The Balaban J connectivity index is 1.92. The van der Waals surface area contributed by atoms with Crippen LogP contribution in [0.1, 0.15) is 5.82 Å². The molecule has 9 nitrogen and oxygen atoms in total. The Labute approximate surface area is 109 Å². The molecule has 0 aliphatic rings. The van der Waals surface area contributed by atoms with Crippen molar-refractivity contribution in [3.63, 3.8) is 0 Å². The number of aryl methyl sites for hydroxylation is 2. The molecule has 0 aliphatic carbocycles. The summed E-state index contributed by atoms with van der Waals surface area (Å²) in [5, 5.41) is 24.4. The molecule has 0 atom stereocenters. The summed E-state index contributed by atoms with van der Waals surface area (Å²) in [5.41, 5.74) is -0.168. The smallest absolute Gasteiger partial charge is 0.265 e.